The highest BCUT2D eigenvalue weighted by Crippen LogP contribution is 2.22. The van der Waals surface area contributed by atoms with Crippen molar-refractivity contribution in [1.29, 1.82) is 0 Å². The Labute approximate surface area is 154 Å². The average molecular weight is 379 g/mol. The number of anilines is 1. The van der Waals surface area contributed by atoms with Gasteiger partial charge in [0.25, 0.3) is 0 Å². The Morgan fingerprint density at radius 3 is 2.22 bits per heavy atom. The number of benzene rings is 1. The normalized spacial score (nSPS) is 10.3. The van der Waals surface area contributed by atoms with Crippen LogP contribution in [0.25, 0.3) is 5.69 Å². The minimum Gasteiger partial charge on any atom is -0.462 e. The van der Waals surface area contributed by atoms with Gasteiger partial charge in [0.05, 0.1) is 18.9 Å². The summed E-state index contributed by atoms with van der Waals surface area (Å²) in [6.07, 6.45) is 1.06. The highest BCUT2D eigenvalue weighted by atomic mass is 19.1. The van der Waals surface area contributed by atoms with Crippen molar-refractivity contribution in [2.24, 2.45) is 0 Å². The second-order valence-corrected chi connectivity index (χ2v) is 5.30. The van der Waals surface area contributed by atoms with Crippen LogP contribution >= 0.6 is 0 Å². The third kappa shape index (κ3) is 4.69. The number of halogens is 2. The number of carbonyl (C=O) groups is 2. The molecular weight excluding hydrogens is 360 g/mol. The first kappa shape index (κ1) is 20.1. The van der Waals surface area contributed by atoms with Crippen LogP contribution in [0.1, 0.15) is 19.5 Å². The van der Waals surface area contributed by atoms with Crippen molar-refractivity contribution >= 4 is 17.8 Å². The molecule has 0 aliphatic carbocycles. The van der Waals surface area contributed by atoms with E-state index in [2.05, 4.69) is 10.4 Å². The lowest BCUT2D eigenvalue weighted by atomic mass is 10.3. The molecule has 7 nitrogen and oxygen atoms in total. The van der Waals surface area contributed by atoms with Gasteiger partial charge in [-0.25, -0.2) is 23.1 Å². The van der Waals surface area contributed by atoms with E-state index in [1.165, 1.54) is 12.1 Å². The van der Waals surface area contributed by atoms with E-state index in [0.717, 1.165) is 23.0 Å². The smallest absolute Gasteiger partial charge is 0.347 e. The maximum Gasteiger partial charge on any atom is 0.347 e. The van der Waals surface area contributed by atoms with Crippen LogP contribution in [-0.4, -0.2) is 34.9 Å². The van der Waals surface area contributed by atoms with Gasteiger partial charge in [-0.1, -0.05) is 6.07 Å². The zero-order valence-corrected chi connectivity index (χ0v) is 15.1. The maximum absolute atomic E-state index is 14.1. The number of nitrogens with zero attached hydrogens (tertiary/aromatic N) is 2. The number of rotatable bonds is 7. The van der Waals surface area contributed by atoms with E-state index in [4.69, 9.17) is 9.47 Å². The number of aromatic nitrogens is 2. The number of carbonyl (C=O) groups excluding carboxylic acids is 2. The zero-order valence-electron chi connectivity index (χ0n) is 15.1. The lowest BCUT2D eigenvalue weighted by molar-refractivity contribution is -0.146. The average Bonchev–Trinajstić information content (AvgIpc) is 2.96. The molecule has 2 aromatic rings. The first-order valence-corrected chi connectivity index (χ1v) is 8.21. The number of para-hydroxylation sites is 1. The highest BCUT2D eigenvalue weighted by Gasteiger charge is 2.22. The monoisotopic (exact) mass is 379 g/mol. The Balaban J connectivity index is 2.42. The molecule has 1 N–H and O–H groups in total. The fourth-order valence-electron chi connectivity index (χ4n) is 2.23. The van der Waals surface area contributed by atoms with Crippen molar-refractivity contribution < 1.29 is 27.8 Å². The lowest BCUT2D eigenvalue weighted by Crippen LogP contribution is -2.20. The molecule has 0 amide bonds. The molecule has 1 heterocycles. The van der Waals surface area contributed by atoms with Crippen LogP contribution in [-0.2, 0) is 19.1 Å². The molecule has 1 aromatic carbocycles. The van der Waals surface area contributed by atoms with Gasteiger partial charge in [-0.3, -0.25) is 0 Å². The van der Waals surface area contributed by atoms with E-state index in [-0.39, 0.29) is 19.0 Å². The van der Waals surface area contributed by atoms with Crippen molar-refractivity contribution in [3.05, 3.63) is 53.4 Å². The number of aryl methyl sites for hydroxylation is 1. The van der Waals surface area contributed by atoms with E-state index in [1.807, 2.05) is 0 Å². The van der Waals surface area contributed by atoms with Gasteiger partial charge in [0.2, 0.25) is 0 Å². The number of hydrogen-bond acceptors (Lipinski definition) is 6. The van der Waals surface area contributed by atoms with Crippen molar-refractivity contribution in [3.8, 4) is 5.69 Å². The molecule has 9 heteroatoms. The molecule has 0 saturated carbocycles. The van der Waals surface area contributed by atoms with Crippen LogP contribution in [0.15, 0.2) is 36.0 Å². The maximum atomic E-state index is 14.1. The molecule has 0 spiro atoms. The van der Waals surface area contributed by atoms with Crippen molar-refractivity contribution in [1.82, 2.24) is 9.78 Å². The van der Waals surface area contributed by atoms with E-state index in [1.54, 1.807) is 20.8 Å². The van der Waals surface area contributed by atoms with Crippen LogP contribution in [0.4, 0.5) is 14.6 Å². The predicted molar refractivity (Wildman–Crippen MR) is 93.2 cm³/mol. The third-order valence-corrected chi connectivity index (χ3v) is 3.34. The van der Waals surface area contributed by atoms with Gasteiger partial charge in [0, 0.05) is 12.3 Å². The second-order valence-electron chi connectivity index (χ2n) is 5.30. The minimum absolute atomic E-state index is 0.0626. The van der Waals surface area contributed by atoms with Gasteiger partial charge in [0.15, 0.2) is 17.2 Å². The Morgan fingerprint density at radius 2 is 1.70 bits per heavy atom. The first-order valence-electron chi connectivity index (χ1n) is 8.21. The summed E-state index contributed by atoms with van der Waals surface area (Å²) in [5.74, 6) is -3.27. The zero-order chi connectivity index (χ0) is 20.0. The van der Waals surface area contributed by atoms with Gasteiger partial charge in [-0.15, -0.1) is 0 Å². The molecule has 0 unspecified atom stereocenters. The van der Waals surface area contributed by atoms with E-state index < -0.39 is 34.8 Å². The summed E-state index contributed by atoms with van der Waals surface area (Å²) in [5.41, 5.74) is -0.323. The molecule has 0 aliphatic heterocycles. The summed E-state index contributed by atoms with van der Waals surface area (Å²) in [6.45, 7) is 4.93. The summed E-state index contributed by atoms with van der Waals surface area (Å²) in [5, 5.41) is 6.72. The van der Waals surface area contributed by atoms with Crippen LogP contribution in [0, 0.1) is 18.6 Å². The van der Waals surface area contributed by atoms with Gasteiger partial charge < -0.3 is 14.8 Å². The summed E-state index contributed by atoms with van der Waals surface area (Å²) < 4.78 is 38.8. The summed E-state index contributed by atoms with van der Waals surface area (Å²) in [4.78, 5) is 24.0. The quantitative estimate of drug-likeness (QED) is 0.345. The summed E-state index contributed by atoms with van der Waals surface area (Å²) in [6, 6.07) is 4.92. The van der Waals surface area contributed by atoms with Gasteiger partial charge in [0.1, 0.15) is 11.5 Å². The van der Waals surface area contributed by atoms with Gasteiger partial charge in [-0.05, 0) is 32.9 Å². The second kappa shape index (κ2) is 8.93. The molecule has 27 heavy (non-hydrogen) atoms. The van der Waals surface area contributed by atoms with Crippen LogP contribution in [0.5, 0.6) is 0 Å². The molecular formula is C18H19F2N3O4. The van der Waals surface area contributed by atoms with Crippen molar-refractivity contribution in [2.75, 3.05) is 18.5 Å². The molecule has 0 saturated heterocycles. The van der Waals surface area contributed by atoms with E-state index in [0.29, 0.717) is 5.69 Å². The molecule has 0 fully saturated rings. The highest BCUT2D eigenvalue weighted by molar-refractivity contribution is 6.14. The third-order valence-electron chi connectivity index (χ3n) is 3.34. The molecule has 0 radical (unpaired) electrons. The number of nitrogens with one attached hydrogen (secondary N) is 1. The Morgan fingerprint density at radius 1 is 1.15 bits per heavy atom. The molecule has 0 atom stereocenters. The topological polar surface area (TPSA) is 82.5 Å². The van der Waals surface area contributed by atoms with Crippen LogP contribution in [0.2, 0.25) is 0 Å². The molecule has 144 valence electrons. The van der Waals surface area contributed by atoms with Crippen molar-refractivity contribution in [2.45, 2.75) is 20.8 Å². The van der Waals surface area contributed by atoms with Gasteiger partial charge >= 0.3 is 11.9 Å². The number of esters is 2. The summed E-state index contributed by atoms with van der Waals surface area (Å²) >= 11 is 0. The molecule has 2 rings (SSSR count). The Hall–Kier alpha value is -3.23. The predicted octanol–water partition coefficient (Wildman–Crippen LogP) is 2.88. The standard InChI is InChI=1S/C18H19F2N3O4/c1-4-26-17(24)12(18(25)27-5-2)10-21-15-9-11(3)22-23(15)16-13(19)7-6-8-14(16)20/h6-10,21H,4-5H2,1-3H3. The first-order chi connectivity index (χ1) is 12.9. The fourth-order valence-corrected chi connectivity index (χ4v) is 2.23. The molecule has 1 aromatic heterocycles. The number of hydrogen-bond donors (Lipinski definition) is 1. The summed E-state index contributed by atoms with van der Waals surface area (Å²) in [7, 11) is 0. The Kier molecular flexibility index (Phi) is 6.64. The largest absolute Gasteiger partial charge is 0.462 e. The minimum atomic E-state index is -0.886. The Bertz CT molecular complexity index is 837. The lowest BCUT2D eigenvalue weighted by Gasteiger charge is -2.10. The molecule has 0 aliphatic rings. The SMILES string of the molecule is CCOC(=O)C(=CNc1cc(C)nn1-c1c(F)cccc1F)C(=O)OCC. The van der Waals surface area contributed by atoms with Crippen LogP contribution < -0.4 is 5.32 Å². The molecule has 0 bridgehead atoms. The number of ether oxygens (including phenoxy) is 2. The van der Waals surface area contributed by atoms with Gasteiger partial charge in [-0.2, -0.15) is 5.10 Å². The van der Waals surface area contributed by atoms with E-state index >= 15 is 0 Å². The van der Waals surface area contributed by atoms with Crippen LogP contribution in [0.3, 0.4) is 0 Å². The van der Waals surface area contributed by atoms with Crippen molar-refractivity contribution in [3.63, 3.8) is 0 Å². The van der Waals surface area contributed by atoms with E-state index in [9.17, 15) is 18.4 Å². The fraction of sp³-hybridized carbons (Fsp3) is 0.278.